The topological polar surface area (TPSA) is 47.9 Å². The third-order valence-corrected chi connectivity index (χ3v) is 1.90. The molecule has 4 nitrogen and oxygen atoms in total. The molecule has 0 aromatic rings. The van der Waals surface area contributed by atoms with Crippen LogP contribution in [0.25, 0.3) is 0 Å². The first-order chi connectivity index (χ1) is 5.08. The molecule has 2 heterocycles. The van der Waals surface area contributed by atoms with Gasteiger partial charge in [-0.05, 0) is 13.8 Å². The average Bonchev–Trinajstić information content (AvgIpc) is 2.31. The van der Waals surface area contributed by atoms with Crippen molar-refractivity contribution in [2.75, 3.05) is 6.61 Å². The van der Waals surface area contributed by atoms with E-state index in [1.165, 1.54) is 0 Å². The Morgan fingerprint density at radius 2 is 2.09 bits per heavy atom. The maximum absolute atomic E-state index is 9.30. The van der Waals surface area contributed by atoms with E-state index in [4.69, 9.17) is 14.2 Å². The predicted octanol–water partition coefficient (Wildman–Crippen LogP) is -0.145. The van der Waals surface area contributed by atoms with Crippen molar-refractivity contribution in [3.8, 4) is 0 Å². The van der Waals surface area contributed by atoms with Crippen LogP contribution in [0.4, 0.5) is 0 Å². The summed E-state index contributed by atoms with van der Waals surface area (Å²) < 4.78 is 15.9. The molecule has 0 unspecified atom stereocenters. The van der Waals surface area contributed by atoms with Gasteiger partial charge in [0.15, 0.2) is 12.1 Å². The van der Waals surface area contributed by atoms with Gasteiger partial charge in [-0.3, -0.25) is 0 Å². The smallest absolute Gasteiger partial charge is 0.189 e. The van der Waals surface area contributed by atoms with Gasteiger partial charge in [0, 0.05) is 0 Å². The highest BCUT2D eigenvalue weighted by molar-refractivity contribution is 4.86. The van der Waals surface area contributed by atoms with Crippen LogP contribution in [0.1, 0.15) is 13.8 Å². The van der Waals surface area contributed by atoms with Crippen molar-refractivity contribution in [1.29, 1.82) is 0 Å². The summed E-state index contributed by atoms with van der Waals surface area (Å²) in [6.45, 7) is 3.92. The first kappa shape index (κ1) is 7.49. The van der Waals surface area contributed by atoms with Gasteiger partial charge >= 0.3 is 0 Å². The van der Waals surface area contributed by atoms with Crippen molar-refractivity contribution >= 4 is 0 Å². The number of aliphatic hydroxyl groups excluding tert-OH is 1. The molecule has 0 saturated carbocycles. The minimum Gasteiger partial charge on any atom is -0.388 e. The van der Waals surface area contributed by atoms with E-state index in [1.54, 1.807) is 13.8 Å². The fraction of sp³-hybridized carbons (Fsp3) is 1.00. The number of hydrogen-bond donors (Lipinski definition) is 1. The SMILES string of the molecule is CC1(C)O[C@H]2OC[C@@H](O)[C@H]2O1. The lowest BCUT2D eigenvalue weighted by molar-refractivity contribution is -0.200. The van der Waals surface area contributed by atoms with Crippen LogP contribution in [0.5, 0.6) is 0 Å². The van der Waals surface area contributed by atoms with Crippen molar-refractivity contribution in [2.24, 2.45) is 0 Å². The minimum absolute atomic E-state index is 0.301. The zero-order chi connectivity index (χ0) is 8.06. The molecule has 2 rings (SSSR count). The lowest BCUT2D eigenvalue weighted by Gasteiger charge is -2.18. The molecule has 1 N–H and O–H groups in total. The van der Waals surface area contributed by atoms with E-state index in [9.17, 15) is 5.11 Å². The van der Waals surface area contributed by atoms with Crippen LogP contribution in [0.15, 0.2) is 0 Å². The van der Waals surface area contributed by atoms with E-state index in [2.05, 4.69) is 0 Å². The number of rotatable bonds is 0. The molecule has 0 spiro atoms. The normalized spacial score (nSPS) is 47.7. The van der Waals surface area contributed by atoms with Crippen LogP contribution >= 0.6 is 0 Å². The van der Waals surface area contributed by atoms with Crippen LogP contribution in [0.2, 0.25) is 0 Å². The molecule has 2 fully saturated rings. The van der Waals surface area contributed by atoms with Gasteiger partial charge in [0.25, 0.3) is 0 Å². The molecular weight excluding hydrogens is 148 g/mol. The lowest BCUT2D eigenvalue weighted by Crippen LogP contribution is -2.29. The van der Waals surface area contributed by atoms with E-state index < -0.39 is 11.9 Å². The van der Waals surface area contributed by atoms with E-state index in [0.717, 1.165) is 0 Å². The van der Waals surface area contributed by atoms with Gasteiger partial charge < -0.3 is 19.3 Å². The summed E-state index contributed by atoms with van der Waals surface area (Å²) in [6.07, 6.45) is -1.22. The van der Waals surface area contributed by atoms with Crippen molar-refractivity contribution in [3.05, 3.63) is 0 Å². The van der Waals surface area contributed by atoms with Gasteiger partial charge in [-0.2, -0.15) is 0 Å². The van der Waals surface area contributed by atoms with E-state index >= 15 is 0 Å². The highest BCUT2D eigenvalue weighted by Gasteiger charge is 2.49. The zero-order valence-corrected chi connectivity index (χ0v) is 6.61. The van der Waals surface area contributed by atoms with Crippen molar-refractivity contribution in [1.82, 2.24) is 0 Å². The standard InChI is InChI=1S/C7H12O4/c1-7(2)10-5-4(8)3-9-6(5)11-7/h4-6,8H,3H2,1-2H3/t4-,5-,6-/m1/s1. The van der Waals surface area contributed by atoms with Crippen LogP contribution in [0.3, 0.4) is 0 Å². The Labute approximate surface area is 65.1 Å². The highest BCUT2D eigenvalue weighted by atomic mass is 16.8. The van der Waals surface area contributed by atoms with E-state index in [-0.39, 0.29) is 12.4 Å². The van der Waals surface area contributed by atoms with Crippen molar-refractivity contribution < 1.29 is 19.3 Å². The molecule has 0 aliphatic carbocycles. The van der Waals surface area contributed by atoms with Gasteiger partial charge in [-0.25, -0.2) is 0 Å². The van der Waals surface area contributed by atoms with Crippen molar-refractivity contribution in [3.63, 3.8) is 0 Å². The maximum Gasteiger partial charge on any atom is 0.189 e. The molecule has 11 heavy (non-hydrogen) atoms. The Balaban J connectivity index is 2.10. The fourth-order valence-electron chi connectivity index (χ4n) is 1.43. The molecule has 0 aromatic heterocycles. The first-order valence-corrected chi connectivity index (χ1v) is 3.74. The molecule has 4 heteroatoms. The fourth-order valence-corrected chi connectivity index (χ4v) is 1.43. The van der Waals surface area contributed by atoms with E-state index in [0.29, 0.717) is 6.61 Å². The third-order valence-electron chi connectivity index (χ3n) is 1.90. The quantitative estimate of drug-likeness (QED) is 0.535. The number of ether oxygens (including phenoxy) is 3. The van der Waals surface area contributed by atoms with Crippen LogP contribution in [-0.2, 0) is 14.2 Å². The second-order valence-corrected chi connectivity index (χ2v) is 3.37. The van der Waals surface area contributed by atoms with E-state index in [1.807, 2.05) is 0 Å². The highest BCUT2D eigenvalue weighted by Crippen LogP contribution is 2.34. The number of hydrogen-bond acceptors (Lipinski definition) is 4. The molecule has 2 aliphatic heterocycles. The molecule has 2 aliphatic rings. The summed E-state index contributed by atoms with van der Waals surface area (Å²) in [5.41, 5.74) is 0. The second-order valence-electron chi connectivity index (χ2n) is 3.37. The van der Waals surface area contributed by atoms with Gasteiger partial charge in [0.2, 0.25) is 0 Å². The Hall–Kier alpha value is -0.160. The molecule has 3 atom stereocenters. The van der Waals surface area contributed by atoms with Crippen LogP contribution in [-0.4, -0.2) is 36.0 Å². The predicted molar refractivity (Wildman–Crippen MR) is 35.8 cm³/mol. The largest absolute Gasteiger partial charge is 0.388 e. The summed E-state index contributed by atoms with van der Waals surface area (Å²) in [6, 6.07) is 0. The Morgan fingerprint density at radius 1 is 1.36 bits per heavy atom. The monoisotopic (exact) mass is 160 g/mol. The molecule has 64 valence electrons. The number of aliphatic hydroxyl groups is 1. The van der Waals surface area contributed by atoms with Gasteiger partial charge in [-0.15, -0.1) is 0 Å². The molecular formula is C7H12O4. The zero-order valence-electron chi connectivity index (χ0n) is 6.61. The second kappa shape index (κ2) is 2.17. The summed E-state index contributed by atoms with van der Waals surface area (Å²) in [4.78, 5) is 0. The lowest BCUT2D eigenvalue weighted by atomic mass is 10.2. The summed E-state index contributed by atoms with van der Waals surface area (Å²) in [5, 5.41) is 9.30. The third kappa shape index (κ3) is 1.16. The number of fused-ring (bicyclic) bond motifs is 1. The first-order valence-electron chi connectivity index (χ1n) is 3.74. The maximum atomic E-state index is 9.30. The summed E-state index contributed by atoms with van der Waals surface area (Å²) >= 11 is 0. The summed E-state index contributed by atoms with van der Waals surface area (Å²) in [5.74, 6) is -0.614. The van der Waals surface area contributed by atoms with Gasteiger partial charge in [0.05, 0.1) is 6.61 Å². The molecule has 2 saturated heterocycles. The van der Waals surface area contributed by atoms with Crippen LogP contribution < -0.4 is 0 Å². The minimum atomic E-state index is -0.614. The van der Waals surface area contributed by atoms with Crippen LogP contribution in [0, 0.1) is 0 Å². The van der Waals surface area contributed by atoms with Gasteiger partial charge in [0.1, 0.15) is 12.2 Å². The molecule has 0 radical (unpaired) electrons. The average molecular weight is 160 g/mol. The Bertz CT molecular complexity index is 168. The molecule has 0 amide bonds. The Kier molecular flexibility index (Phi) is 1.47. The summed E-state index contributed by atoms with van der Waals surface area (Å²) in [7, 11) is 0. The van der Waals surface area contributed by atoms with Crippen molar-refractivity contribution in [2.45, 2.75) is 38.1 Å². The molecule has 0 bridgehead atoms. The molecule has 0 aromatic carbocycles. The Morgan fingerprint density at radius 3 is 2.73 bits per heavy atom. The van der Waals surface area contributed by atoms with Gasteiger partial charge in [-0.1, -0.05) is 0 Å².